The Balaban J connectivity index is 1.48. The maximum absolute atomic E-state index is 6.00. The molecule has 0 saturated heterocycles. The molecule has 0 fully saturated rings. The number of rotatable bonds is 3. The van der Waals surface area contributed by atoms with E-state index in [1.54, 1.807) is 17.0 Å². The molecule has 0 saturated carbocycles. The van der Waals surface area contributed by atoms with Crippen LogP contribution in [0.2, 0.25) is 0 Å². The van der Waals surface area contributed by atoms with E-state index in [2.05, 4.69) is 54.1 Å². The number of aromatic nitrogens is 4. The van der Waals surface area contributed by atoms with Crippen LogP contribution in [0.3, 0.4) is 0 Å². The van der Waals surface area contributed by atoms with Crippen molar-refractivity contribution in [3.05, 3.63) is 64.0 Å². The Hall–Kier alpha value is -2.71. The molecule has 0 bridgehead atoms. The Bertz CT molecular complexity index is 1120. The fourth-order valence-corrected chi connectivity index (χ4v) is 3.93. The quantitative estimate of drug-likeness (QED) is 0.542. The van der Waals surface area contributed by atoms with Gasteiger partial charge in [0.05, 0.1) is 6.26 Å². The molecule has 4 aromatic rings. The highest BCUT2D eigenvalue weighted by atomic mass is 79.9. The normalized spacial score (nSPS) is 14.6. The first-order valence-electron chi connectivity index (χ1n) is 8.71. The molecule has 1 aliphatic heterocycles. The van der Waals surface area contributed by atoms with E-state index in [9.17, 15) is 0 Å². The molecule has 0 amide bonds. The van der Waals surface area contributed by atoms with Gasteiger partial charge in [0.1, 0.15) is 0 Å². The van der Waals surface area contributed by atoms with Gasteiger partial charge in [0.25, 0.3) is 0 Å². The van der Waals surface area contributed by atoms with Crippen LogP contribution in [0.25, 0.3) is 17.2 Å². The van der Waals surface area contributed by atoms with Crippen molar-refractivity contribution in [3.63, 3.8) is 0 Å². The van der Waals surface area contributed by atoms with Gasteiger partial charge in [-0.1, -0.05) is 22.0 Å². The van der Waals surface area contributed by atoms with Gasteiger partial charge in [-0.05, 0) is 41.8 Å². The van der Waals surface area contributed by atoms with Gasteiger partial charge in [0.15, 0.2) is 11.4 Å². The van der Waals surface area contributed by atoms with E-state index in [4.69, 9.17) is 10.2 Å². The van der Waals surface area contributed by atoms with Crippen LogP contribution in [0.1, 0.15) is 16.7 Å². The number of hydrogen-bond acceptors (Lipinski definition) is 6. The van der Waals surface area contributed by atoms with E-state index < -0.39 is 0 Å². The molecule has 0 atom stereocenters. The van der Waals surface area contributed by atoms with Gasteiger partial charge in [0.2, 0.25) is 11.8 Å². The summed E-state index contributed by atoms with van der Waals surface area (Å²) in [5, 5.41) is 4.46. The zero-order valence-corrected chi connectivity index (χ0v) is 16.1. The lowest BCUT2D eigenvalue weighted by molar-refractivity contribution is 0.245. The Labute approximate surface area is 164 Å². The smallest absolute Gasteiger partial charge is 0.223 e. The molecule has 0 aliphatic carbocycles. The Kier molecular flexibility index (Phi) is 3.95. The largest absolute Gasteiger partial charge is 0.461 e. The number of halogens is 1. The number of fused-ring (bicyclic) bond motifs is 2. The van der Waals surface area contributed by atoms with Crippen molar-refractivity contribution in [1.29, 1.82) is 0 Å². The maximum atomic E-state index is 6.00. The second kappa shape index (κ2) is 6.47. The number of nitrogen functional groups attached to an aromatic ring is 1. The number of furan rings is 1. The maximum Gasteiger partial charge on any atom is 0.223 e. The summed E-state index contributed by atoms with van der Waals surface area (Å²) in [4.78, 5) is 11.3. The summed E-state index contributed by atoms with van der Waals surface area (Å²) in [5.41, 5.74) is 10.5. The van der Waals surface area contributed by atoms with E-state index in [0.29, 0.717) is 23.2 Å². The van der Waals surface area contributed by atoms with E-state index >= 15 is 0 Å². The van der Waals surface area contributed by atoms with Crippen LogP contribution in [-0.4, -0.2) is 31.0 Å². The zero-order valence-electron chi connectivity index (χ0n) is 14.5. The van der Waals surface area contributed by atoms with Gasteiger partial charge in [-0.15, -0.1) is 5.10 Å². The molecule has 0 unspecified atom stereocenters. The Morgan fingerprint density at radius 2 is 2.15 bits per heavy atom. The fraction of sp³-hybridized carbons (Fsp3) is 0.211. The summed E-state index contributed by atoms with van der Waals surface area (Å²) < 4.78 is 8.11. The van der Waals surface area contributed by atoms with E-state index in [0.717, 1.165) is 36.1 Å². The molecule has 3 aromatic heterocycles. The number of anilines is 1. The van der Waals surface area contributed by atoms with Gasteiger partial charge >= 0.3 is 0 Å². The molecule has 0 radical (unpaired) electrons. The van der Waals surface area contributed by atoms with Crippen LogP contribution in [0, 0.1) is 0 Å². The third-order valence-corrected chi connectivity index (χ3v) is 5.35. The summed E-state index contributed by atoms with van der Waals surface area (Å²) in [6.07, 6.45) is 4.43. The van der Waals surface area contributed by atoms with E-state index in [-0.39, 0.29) is 0 Å². The Morgan fingerprint density at radius 1 is 1.22 bits per heavy atom. The minimum atomic E-state index is 0.312. The summed E-state index contributed by atoms with van der Waals surface area (Å²) in [5.74, 6) is 1.43. The van der Waals surface area contributed by atoms with Crippen molar-refractivity contribution in [2.24, 2.45) is 0 Å². The molecule has 1 aromatic carbocycles. The highest BCUT2D eigenvalue weighted by Gasteiger charge is 2.20. The number of hydrogen-bond donors (Lipinski definition) is 1. The standard InChI is InChI=1S/C19H17BrN6O/c20-15-4-3-12-5-6-25(10-13(12)8-15)11-14-9-22-19(21)26-18(14)23-17(24-26)16-2-1-7-27-16/h1-4,7-9H,5-6,10-11H2,(H2,21,22). The second-order valence-corrected chi connectivity index (χ2v) is 7.58. The predicted molar refractivity (Wildman–Crippen MR) is 105 cm³/mol. The first kappa shape index (κ1) is 16.5. The zero-order chi connectivity index (χ0) is 18.4. The minimum Gasteiger partial charge on any atom is -0.461 e. The molecule has 2 N–H and O–H groups in total. The van der Waals surface area contributed by atoms with Crippen LogP contribution in [-0.2, 0) is 19.5 Å². The van der Waals surface area contributed by atoms with Crippen molar-refractivity contribution >= 4 is 27.5 Å². The summed E-state index contributed by atoms with van der Waals surface area (Å²) in [6.45, 7) is 2.62. The van der Waals surface area contributed by atoms with Crippen molar-refractivity contribution in [3.8, 4) is 11.6 Å². The van der Waals surface area contributed by atoms with Crippen LogP contribution >= 0.6 is 15.9 Å². The summed E-state index contributed by atoms with van der Waals surface area (Å²) in [6, 6.07) is 10.1. The summed E-state index contributed by atoms with van der Waals surface area (Å²) >= 11 is 3.57. The topological polar surface area (TPSA) is 85.5 Å². The highest BCUT2D eigenvalue weighted by molar-refractivity contribution is 9.10. The van der Waals surface area contributed by atoms with Gasteiger partial charge in [-0.3, -0.25) is 4.90 Å². The average molecular weight is 425 g/mol. The van der Waals surface area contributed by atoms with Crippen molar-refractivity contribution in [2.75, 3.05) is 12.3 Å². The van der Waals surface area contributed by atoms with Crippen molar-refractivity contribution in [1.82, 2.24) is 24.5 Å². The van der Waals surface area contributed by atoms with Gasteiger partial charge in [-0.25, -0.2) is 9.97 Å². The molecule has 136 valence electrons. The first-order chi connectivity index (χ1) is 13.2. The van der Waals surface area contributed by atoms with Crippen LogP contribution in [0.15, 0.2) is 51.7 Å². The van der Waals surface area contributed by atoms with E-state index in [1.807, 2.05) is 12.1 Å². The third kappa shape index (κ3) is 3.00. The molecule has 0 spiro atoms. The van der Waals surface area contributed by atoms with E-state index in [1.165, 1.54) is 11.1 Å². The number of benzene rings is 1. The predicted octanol–water partition coefficient (Wildman–Crippen LogP) is 3.29. The number of nitrogens with zero attached hydrogens (tertiary/aromatic N) is 5. The highest BCUT2D eigenvalue weighted by Crippen LogP contribution is 2.25. The lowest BCUT2D eigenvalue weighted by Crippen LogP contribution is -2.30. The number of nitrogens with two attached hydrogens (primary N) is 1. The van der Waals surface area contributed by atoms with Crippen molar-refractivity contribution < 1.29 is 4.42 Å². The molecule has 1 aliphatic rings. The van der Waals surface area contributed by atoms with Crippen molar-refractivity contribution in [2.45, 2.75) is 19.5 Å². The molecule has 4 heterocycles. The lowest BCUT2D eigenvalue weighted by atomic mass is 10.00. The SMILES string of the molecule is Nc1ncc(CN2CCc3ccc(Br)cc3C2)c2nc(-c3ccco3)nn12. The molecule has 27 heavy (non-hydrogen) atoms. The average Bonchev–Trinajstić information content (AvgIpc) is 3.33. The van der Waals surface area contributed by atoms with Crippen LogP contribution in [0.4, 0.5) is 5.95 Å². The lowest BCUT2D eigenvalue weighted by Gasteiger charge is -2.28. The van der Waals surface area contributed by atoms with Gasteiger partial charge in [-0.2, -0.15) is 4.52 Å². The molecule has 8 heteroatoms. The minimum absolute atomic E-state index is 0.312. The fourth-order valence-electron chi connectivity index (χ4n) is 3.52. The summed E-state index contributed by atoms with van der Waals surface area (Å²) in [7, 11) is 0. The van der Waals surface area contributed by atoms with Crippen LogP contribution < -0.4 is 5.73 Å². The third-order valence-electron chi connectivity index (χ3n) is 4.86. The first-order valence-corrected chi connectivity index (χ1v) is 9.50. The molecular weight excluding hydrogens is 408 g/mol. The van der Waals surface area contributed by atoms with Crippen LogP contribution in [0.5, 0.6) is 0 Å². The molecule has 7 nitrogen and oxygen atoms in total. The monoisotopic (exact) mass is 424 g/mol. The molecule has 5 rings (SSSR count). The van der Waals surface area contributed by atoms with Gasteiger partial charge < -0.3 is 10.2 Å². The van der Waals surface area contributed by atoms with Gasteiger partial charge in [0, 0.05) is 35.9 Å². The Morgan fingerprint density at radius 3 is 3.00 bits per heavy atom. The molecular formula is C19H17BrN6O. The second-order valence-electron chi connectivity index (χ2n) is 6.66.